The van der Waals surface area contributed by atoms with Crippen molar-refractivity contribution in [2.45, 2.75) is 46.1 Å². The van der Waals surface area contributed by atoms with Crippen LogP contribution in [0.25, 0.3) is 11.0 Å². The molecule has 0 radical (unpaired) electrons. The molecule has 2 aromatic heterocycles. The van der Waals surface area contributed by atoms with Gasteiger partial charge in [-0.15, -0.1) is 0 Å². The second kappa shape index (κ2) is 12.4. The molecule has 1 saturated heterocycles. The maximum absolute atomic E-state index is 14.5. The lowest BCUT2D eigenvalue weighted by Crippen LogP contribution is -2.50. The number of carbonyl (C=O) groups is 1. The summed E-state index contributed by atoms with van der Waals surface area (Å²) in [6, 6.07) is 14.9. The quantitative estimate of drug-likeness (QED) is 0.260. The van der Waals surface area contributed by atoms with Gasteiger partial charge in [-0.3, -0.25) is 19.6 Å². The monoisotopic (exact) mass is 558 g/mol. The Morgan fingerprint density at radius 1 is 1.00 bits per heavy atom. The van der Waals surface area contributed by atoms with Crippen molar-refractivity contribution >= 4 is 28.5 Å². The lowest BCUT2D eigenvalue weighted by Gasteiger charge is -2.36. The molecule has 3 heterocycles. The third-order valence-corrected chi connectivity index (χ3v) is 7.70. The summed E-state index contributed by atoms with van der Waals surface area (Å²) in [6.07, 6.45) is 1.94. The minimum Gasteiger partial charge on any atom is -0.457 e. The Balaban J connectivity index is 1.24. The van der Waals surface area contributed by atoms with Crippen LogP contribution in [0.5, 0.6) is 11.5 Å². The van der Waals surface area contributed by atoms with E-state index in [9.17, 15) is 9.18 Å². The number of hydrogen-bond acceptors (Lipinski definition) is 7. The summed E-state index contributed by atoms with van der Waals surface area (Å²) in [6.45, 7) is 12.8. The van der Waals surface area contributed by atoms with E-state index < -0.39 is 0 Å². The van der Waals surface area contributed by atoms with Crippen LogP contribution < -0.4 is 10.1 Å². The maximum Gasteiger partial charge on any atom is 0.208 e. The Bertz CT molecular complexity index is 1520. The summed E-state index contributed by atoms with van der Waals surface area (Å²) in [5.74, 6) is 1.86. The lowest BCUT2D eigenvalue weighted by atomic mass is 10.0. The van der Waals surface area contributed by atoms with Crippen LogP contribution >= 0.6 is 0 Å². The number of hydrogen-bond donors (Lipinski definition) is 1. The van der Waals surface area contributed by atoms with E-state index in [0.717, 1.165) is 42.8 Å². The molecule has 2 aromatic carbocycles. The summed E-state index contributed by atoms with van der Waals surface area (Å²) in [4.78, 5) is 26.5. The number of anilines is 2. The number of Topliss-reactive ketones (excluding diaryl/α,β-unsaturated/α-hetero) is 1. The lowest BCUT2D eigenvalue weighted by molar-refractivity contribution is -0.120. The van der Waals surface area contributed by atoms with Crippen LogP contribution in [-0.4, -0.2) is 68.9 Å². The van der Waals surface area contributed by atoms with E-state index in [-0.39, 0.29) is 23.9 Å². The van der Waals surface area contributed by atoms with Gasteiger partial charge in [0.2, 0.25) is 5.95 Å². The fraction of sp³-hybridized carbons (Fsp3) is 0.406. The highest BCUT2D eigenvalue weighted by atomic mass is 19.1. The van der Waals surface area contributed by atoms with E-state index in [0.29, 0.717) is 41.4 Å². The van der Waals surface area contributed by atoms with Crippen LogP contribution in [0.15, 0.2) is 54.7 Å². The molecule has 1 aliphatic rings. The number of halogens is 1. The second-order valence-electron chi connectivity index (χ2n) is 11.4. The van der Waals surface area contributed by atoms with Crippen molar-refractivity contribution in [3.63, 3.8) is 0 Å². The van der Waals surface area contributed by atoms with E-state index in [1.165, 1.54) is 6.07 Å². The highest BCUT2D eigenvalue weighted by Gasteiger charge is 2.21. The summed E-state index contributed by atoms with van der Waals surface area (Å²) in [5.41, 5.74) is 3.73. The average Bonchev–Trinajstić information content (AvgIpc) is 3.24. The minimum absolute atomic E-state index is 0.151. The first-order valence-electron chi connectivity index (χ1n) is 14.3. The fourth-order valence-electron chi connectivity index (χ4n) is 5.17. The molecule has 9 heteroatoms. The number of rotatable bonds is 10. The number of nitrogens with one attached hydrogen (secondary N) is 1. The summed E-state index contributed by atoms with van der Waals surface area (Å²) in [5, 5.41) is 3.15. The van der Waals surface area contributed by atoms with Crippen molar-refractivity contribution in [3.8, 4) is 11.5 Å². The number of nitrogens with zero attached hydrogens (tertiary/aromatic N) is 5. The van der Waals surface area contributed by atoms with Crippen molar-refractivity contribution in [1.82, 2.24) is 24.3 Å². The predicted molar refractivity (Wildman–Crippen MR) is 161 cm³/mol. The molecule has 4 aromatic rings. The largest absolute Gasteiger partial charge is 0.457 e. The van der Waals surface area contributed by atoms with E-state index in [1.807, 2.05) is 41.9 Å². The number of aryl methyl sites for hydroxylation is 1. The van der Waals surface area contributed by atoms with Gasteiger partial charge in [0.15, 0.2) is 5.78 Å². The molecule has 1 N–H and O–H groups in total. The van der Waals surface area contributed by atoms with Gasteiger partial charge in [-0.2, -0.15) is 0 Å². The average molecular weight is 559 g/mol. The molecule has 216 valence electrons. The number of fused-ring (bicyclic) bond motifs is 1. The standard InChI is InChI=1S/C32H39FN6O2/c1-21(2)23-6-8-28(33)29(16-23)35-32-36-30-19-26(7-9-31(30)37(32)5)41-27-10-11-34-24(18-27)17-25(40)20-38-12-14-39(15-13-38)22(3)4/h6-11,16,18-19,21-22H,12-15,17,20H2,1-5H3,(H,35,36). The number of benzene rings is 2. The maximum atomic E-state index is 14.5. The van der Waals surface area contributed by atoms with Gasteiger partial charge in [-0.25, -0.2) is 9.37 Å². The van der Waals surface area contributed by atoms with Crippen molar-refractivity contribution in [3.05, 3.63) is 71.8 Å². The zero-order chi connectivity index (χ0) is 29.1. The Morgan fingerprint density at radius 2 is 1.76 bits per heavy atom. The molecule has 1 aliphatic heterocycles. The number of piperazine rings is 1. The van der Waals surface area contributed by atoms with Crippen LogP contribution in [0.1, 0.15) is 44.9 Å². The molecule has 0 saturated carbocycles. The van der Waals surface area contributed by atoms with Crippen LogP contribution in [0.2, 0.25) is 0 Å². The first-order valence-corrected chi connectivity index (χ1v) is 14.3. The van der Waals surface area contributed by atoms with Crippen molar-refractivity contribution in [2.24, 2.45) is 7.05 Å². The Hall–Kier alpha value is -3.82. The highest BCUT2D eigenvalue weighted by Crippen LogP contribution is 2.30. The van der Waals surface area contributed by atoms with Crippen molar-refractivity contribution in [2.75, 3.05) is 38.0 Å². The zero-order valence-electron chi connectivity index (χ0n) is 24.5. The first kappa shape index (κ1) is 28.7. The normalized spacial score (nSPS) is 14.7. The number of ether oxygens (including phenoxy) is 1. The van der Waals surface area contributed by atoms with Crippen LogP contribution in [0.4, 0.5) is 16.0 Å². The van der Waals surface area contributed by atoms with E-state index in [2.05, 4.69) is 47.8 Å². The third kappa shape index (κ3) is 6.92. The number of aromatic nitrogens is 3. The Morgan fingerprint density at radius 3 is 2.49 bits per heavy atom. The smallest absolute Gasteiger partial charge is 0.208 e. The van der Waals surface area contributed by atoms with Gasteiger partial charge in [0.05, 0.1) is 35.4 Å². The minimum atomic E-state index is -0.328. The first-order chi connectivity index (χ1) is 19.7. The Kier molecular flexibility index (Phi) is 8.65. The van der Waals surface area contributed by atoms with Gasteiger partial charge in [0.25, 0.3) is 0 Å². The number of carbonyl (C=O) groups excluding carboxylic acids is 1. The van der Waals surface area contributed by atoms with Gasteiger partial charge in [-0.1, -0.05) is 19.9 Å². The predicted octanol–water partition coefficient (Wildman–Crippen LogP) is 5.90. The summed E-state index contributed by atoms with van der Waals surface area (Å²) in [7, 11) is 1.89. The molecule has 0 amide bonds. The molecule has 0 aliphatic carbocycles. The van der Waals surface area contributed by atoms with Gasteiger partial charge < -0.3 is 14.6 Å². The van der Waals surface area contributed by atoms with Crippen LogP contribution in [-0.2, 0) is 18.3 Å². The summed E-state index contributed by atoms with van der Waals surface area (Å²) >= 11 is 0. The SMILES string of the molecule is CC(C)c1ccc(F)c(Nc2nc3cc(Oc4ccnc(CC(=O)CN5CCN(C(C)C)CC5)c4)ccc3n2C)c1. The molecule has 8 nitrogen and oxygen atoms in total. The van der Waals surface area contributed by atoms with Gasteiger partial charge >= 0.3 is 0 Å². The van der Waals surface area contributed by atoms with E-state index in [1.54, 1.807) is 18.3 Å². The Labute approximate surface area is 241 Å². The molecule has 5 rings (SSSR count). The molecular formula is C32H39FN6O2. The van der Waals surface area contributed by atoms with E-state index in [4.69, 9.17) is 9.72 Å². The second-order valence-corrected chi connectivity index (χ2v) is 11.4. The molecule has 41 heavy (non-hydrogen) atoms. The van der Waals surface area contributed by atoms with Crippen molar-refractivity contribution < 1.29 is 13.9 Å². The topological polar surface area (TPSA) is 75.5 Å². The number of ketones is 1. The molecule has 0 atom stereocenters. The van der Waals surface area contributed by atoms with Crippen LogP contribution in [0.3, 0.4) is 0 Å². The van der Waals surface area contributed by atoms with Crippen LogP contribution in [0, 0.1) is 5.82 Å². The van der Waals surface area contributed by atoms with Crippen molar-refractivity contribution in [1.29, 1.82) is 0 Å². The molecule has 1 fully saturated rings. The van der Waals surface area contributed by atoms with Gasteiger partial charge in [-0.05, 0) is 55.7 Å². The van der Waals surface area contributed by atoms with Gasteiger partial charge in [0.1, 0.15) is 17.3 Å². The third-order valence-electron chi connectivity index (χ3n) is 7.70. The number of pyridine rings is 1. The molecule has 0 spiro atoms. The molecule has 0 unspecified atom stereocenters. The molecule has 0 bridgehead atoms. The fourth-order valence-corrected chi connectivity index (χ4v) is 5.17. The number of imidazole rings is 1. The van der Waals surface area contributed by atoms with Gasteiger partial charge in [0, 0.05) is 57.6 Å². The summed E-state index contributed by atoms with van der Waals surface area (Å²) < 4.78 is 22.5. The molecular weight excluding hydrogens is 519 g/mol. The highest BCUT2D eigenvalue weighted by molar-refractivity contribution is 5.83. The van der Waals surface area contributed by atoms with E-state index >= 15 is 0 Å². The zero-order valence-corrected chi connectivity index (χ0v) is 24.5.